The van der Waals surface area contributed by atoms with Gasteiger partial charge in [0.1, 0.15) is 5.75 Å². The molecule has 20 heavy (non-hydrogen) atoms. The molecule has 4 nitrogen and oxygen atoms in total. The largest absolute Gasteiger partial charge is 0.493 e. The molecule has 0 aliphatic carbocycles. The van der Waals surface area contributed by atoms with Crippen molar-refractivity contribution in [1.29, 1.82) is 0 Å². The van der Waals surface area contributed by atoms with Gasteiger partial charge in [0, 0.05) is 23.0 Å². The fourth-order valence-electron chi connectivity index (χ4n) is 2.16. The van der Waals surface area contributed by atoms with E-state index in [-0.39, 0.29) is 11.3 Å². The lowest BCUT2D eigenvalue weighted by molar-refractivity contribution is -0.124. The van der Waals surface area contributed by atoms with Crippen LogP contribution in [0.3, 0.4) is 0 Å². The SMILES string of the molecule is CC(C)(C)[C@@H](N)C(=O)NCc1cc(Br)cc2c1OCC2. The molecule has 0 fully saturated rings. The van der Waals surface area contributed by atoms with Gasteiger partial charge in [-0.1, -0.05) is 36.7 Å². The minimum Gasteiger partial charge on any atom is -0.493 e. The molecule has 2 rings (SSSR count). The Balaban J connectivity index is 2.07. The van der Waals surface area contributed by atoms with Crippen LogP contribution >= 0.6 is 15.9 Å². The number of ether oxygens (including phenoxy) is 1. The Labute approximate surface area is 128 Å². The van der Waals surface area contributed by atoms with Gasteiger partial charge in [0.15, 0.2) is 0 Å². The molecule has 1 heterocycles. The van der Waals surface area contributed by atoms with Gasteiger partial charge in [0.25, 0.3) is 0 Å². The van der Waals surface area contributed by atoms with Crippen molar-refractivity contribution in [2.75, 3.05) is 6.61 Å². The number of benzene rings is 1. The highest BCUT2D eigenvalue weighted by atomic mass is 79.9. The van der Waals surface area contributed by atoms with E-state index in [0.717, 1.165) is 22.2 Å². The molecule has 0 spiro atoms. The van der Waals surface area contributed by atoms with E-state index >= 15 is 0 Å². The van der Waals surface area contributed by atoms with Gasteiger partial charge >= 0.3 is 0 Å². The molecule has 0 aromatic heterocycles. The van der Waals surface area contributed by atoms with E-state index in [1.165, 1.54) is 5.56 Å². The summed E-state index contributed by atoms with van der Waals surface area (Å²) in [6.07, 6.45) is 0.914. The first kappa shape index (κ1) is 15.3. The predicted molar refractivity (Wildman–Crippen MR) is 82.6 cm³/mol. The summed E-state index contributed by atoms with van der Waals surface area (Å²) in [5, 5.41) is 2.90. The zero-order chi connectivity index (χ0) is 14.9. The molecule has 1 amide bonds. The standard InChI is InChI=1S/C15H21BrN2O2/c1-15(2,3)13(17)14(19)18-8-10-7-11(16)6-9-4-5-20-12(9)10/h6-7,13H,4-5,8,17H2,1-3H3,(H,18,19)/t13-/m0/s1. The summed E-state index contributed by atoms with van der Waals surface area (Å²) in [4.78, 5) is 12.1. The molecular weight excluding hydrogens is 320 g/mol. The molecule has 0 unspecified atom stereocenters. The summed E-state index contributed by atoms with van der Waals surface area (Å²) in [5.41, 5.74) is 7.87. The Morgan fingerprint density at radius 3 is 2.85 bits per heavy atom. The quantitative estimate of drug-likeness (QED) is 0.887. The molecule has 5 heteroatoms. The van der Waals surface area contributed by atoms with E-state index in [0.29, 0.717) is 13.2 Å². The zero-order valence-corrected chi connectivity index (χ0v) is 13.7. The highest BCUT2D eigenvalue weighted by Crippen LogP contribution is 2.32. The molecule has 0 bridgehead atoms. The van der Waals surface area contributed by atoms with Crippen molar-refractivity contribution in [3.63, 3.8) is 0 Å². The fourth-order valence-corrected chi connectivity index (χ4v) is 2.72. The first-order chi connectivity index (χ1) is 9.29. The van der Waals surface area contributed by atoms with Gasteiger partial charge in [-0.05, 0) is 23.1 Å². The molecular formula is C15H21BrN2O2. The van der Waals surface area contributed by atoms with Gasteiger partial charge in [0.2, 0.25) is 5.91 Å². The molecule has 0 saturated carbocycles. The highest BCUT2D eigenvalue weighted by molar-refractivity contribution is 9.10. The summed E-state index contributed by atoms with van der Waals surface area (Å²) in [7, 11) is 0. The van der Waals surface area contributed by atoms with Gasteiger partial charge in [-0.25, -0.2) is 0 Å². The second-order valence-corrected chi connectivity index (χ2v) is 7.13. The van der Waals surface area contributed by atoms with E-state index in [1.54, 1.807) is 0 Å². The van der Waals surface area contributed by atoms with Gasteiger partial charge in [-0.15, -0.1) is 0 Å². The molecule has 3 N–H and O–H groups in total. The van der Waals surface area contributed by atoms with Crippen molar-refractivity contribution < 1.29 is 9.53 Å². The number of nitrogens with one attached hydrogen (secondary N) is 1. The van der Waals surface area contributed by atoms with Crippen LogP contribution in [0.5, 0.6) is 5.75 Å². The number of fused-ring (bicyclic) bond motifs is 1. The van der Waals surface area contributed by atoms with Crippen LogP contribution in [0, 0.1) is 5.41 Å². The lowest BCUT2D eigenvalue weighted by atomic mass is 9.87. The second kappa shape index (κ2) is 5.74. The predicted octanol–water partition coefficient (Wildman–Crippen LogP) is 2.37. The minimum absolute atomic E-state index is 0.135. The molecule has 110 valence electrons. The normalized spacial score (nSPS) is 15.4. The van der Waals surface area contributed by atoms with Crippen LogP contribution in [-0.2, 0) is 17.8 Å². The van der Waals surface area contributed by atoms with Crippen molar-refractivity contribution >= 4 is 21.8 Å². The third kappa shape index (κ3) is 3.33. The fraction of sp³-hybridized carbons (Fsp3) is 0.533. The Morgan fingerprint density at radius 1 is 1.50 bits per heavy atom. The van der Waals surface area contributed by atoms with Crippen molar-refractivity contribution in [3.8, 4) is 5.75 Å². The second-order valence-electron chi connectivity index (χ2n) is 6.21. The number of hydrogen-bond donors (Lipinski definition) is 2. The molecule has 1 aliphatic heterocycles. The molecule has 0 saturated heterocycles. The molecule has 1 atom stereocenters. The van der Waals surface area contributed by atoms with Gasteiger partial charge < -0.3 is 15.8 Å². The van der Waals surface area contributed by atoms with Crippen LogP contribution in [0.25, 0.3) is 0 Å². The summed E-state index contributed by atoms with van der Waals surface area (Å²) in [6.45, 7) is 7.00. The highest BCUT2D eigenvalue weighted by Gasteiger charge is 2.27. The van der Waals surface area contributed by atoms with E-state index in [1.807, 2.05) is 26.8 Å². The molecule has 1 aromatic carbocycles. The average molecular weight is 341 g/mol. The van der Waals surface area contributed by atoms with Gasteiger partial charge in [-0.2, -0.15) is 0 Å². The van der Waals surface area contributed by atoms with E-state index in [9.17, 15) is 4.79 Å². The van der Waals surface area contributed by atoms with Crippen molar-refractivity contribution in [3.05, 3.63) is 27.7 Å². The topological polar surface area (TPSA) is 64.4 Å². The van der Waals surface area contributed by atoms with E-state index < -0.39 is 6.04 Å². The maximum Gasteiger partial charge on any atom is 0.237 e. The Kier molecular flexibility index (Phi) is 4.39. The number of halogens is 1. The van der Waals surface area contributed by atoms with Crippen LogP contribution in [0.1, 0.15) is 31.9 Å². The first-order valence-electron chi connectivity index (χ1n) is 6.76. The number of hydrogen-bond acceptors (Lipinski definition) is 3. The zero-order valence-electron chi connectivity index (χ0n) is 12.1. The number of nitrogens with two attached hydrogens (primary N) is 1. The van der Waals surface area contributed by atoms with Crippen LogP contribution in [0.4, 0.5) is 0 Å². The Bertz CT molecular complexity index is 523. The minimum atomic E-state index is -0.524. The van der Waals surface area contributed by atoms with Crippen LogP contribution in [0.2, 0.25) is 0 Å². The van der Waals surface area contributed by atoms with Crippen molar-refractivity contribution in [2.45, 2.75) is 39.8 Å². The lowest BCUT2D eigenvalue weighted by Crippen LogP contribution is -2.48. The van der Waals surface area contributed by atoms with Gasteiger partial charge in [-0.3, -0.25) is 4.79 Å². The third-order valence-corrected chi connectivity index (χ3v) is 3.95. The maximum atomic E-state index is 12.1. The van der Waals surface area contributed by atoms with Crippen molar-refractivity contribution in [2.24, 2.45) is 11.1 Å². The smallest absolute Gasteiger partial charge is 0.237 e. The van der Waals surface area contributed by atoms with Crippen LogP contribution < -0.4 is 15.8 Å². The van der Waals surface area contributed by atoms with Crippen molar-refractivity contribution in [1.82, 2.24) is 5.32 Å². The van der Waals surface area contributed by atoms with Crippen LogP contribution in [-0.4, -0.2) is 18.6 Å². The number of carbonyl (C=O) groups excluding carboxylic acids is 1. The summed E-state index contributed by atoms with van der Waals surface area (Å²) < 4.78 is 6.65. The molecule has 1 aromatic rings. The molecule has 1 aliphatic rings. The summed E-state index contributed by atoms with van der Waals surface area (Å²) in [5.74, 6) is 0.766. The number of rotatable bonds is 3. The van der Waals surface area contributed by atoms with E-state index in [2.05, 4.69) is 27.3 Å². The summed E-state index contributed by atoms with van der Waals surface area (Å²) >= 11 is 3.49. The maximum absolute atomic E-state index is 12.1. The summed E-state index contributed by atoms with van der Waals surface area (Å²) in [6, 6.07) is 3.52. The van der Waals surface area contributed by atoms with Crippen LogP contribution in [0.15, 0.2) is 16.6 Å². The Hall–Kier alpha value is -1.07. The van der Waals surface area contributed by atoms with Gasteiger partial charge in [0.05, 0.1) is 12.6 Å². The molecule has 0 radical (unpaired) electrons. The number of amides is 1. The first-order valence-corrected chi connectivity index (χ1v) is 7.55. The Morgan fingerprint density at radius 2 is 2.20 bits per heavy atom. The third-order valence-electron chi connectivity index (χ3n) is 3.49. The van der Waals surface area contributed by atoms with E-state index in [4.69, 9.17) is 10.5 Å². The number of carbonyl (C=O) groups is 1. The monoisotopic (exact) mass is 340 g/mol. The average Bonchev–Trinajstić information content (AvgIpc) is 2.81. The lowest BCUT2D eigenvalue weighted by Gasteiger charge is -2.26.